The zero-order chi connectivity index (χ0) is 23.7. The van der Waals surface area contributed by atoms with Crippen LogP contribution in [0.15, 0.2) is 24.5 Å². The number of fused-ring (bicyclic) bond motifs is 1. The molecule has 8 nitrogen and oxygen atoms in total. The first-order valence-corrected chi connectivity index (χ1v) is 9.25. The summed E-state index contributed by atoms with van der Waals surface area (Å²) in [7, 11) is 1.16. The van der Waals surface area contributed by atoms with Gasteiger partial charge in [0.15, 0.2) is 0 Å². The van der Waals surface area contributed by atoms with E-state index in [0.29, 0.717) is 10.4 Å². The molecule has 0 unspecified atom stereocenters. The number of aryl methyl sites for hydroxylation is 3. The average Bonchev–Trinajstić information content (AvgIpc) is 3.31. The highest BCUT2D eigenvalue weighted by molar-refractivity contribution is 5.88. The molecule has 2 N–H and O–H groups in total. The Bertz CT molecular complexity index is 1090. The summed E-state index contributed by atoms with van der Waals surface area (Å²) < 4.78 is 75.9. The Hall–Kier alpha value is -3.45. The molecule has 3 aromatic heterocycles. The molecule has 1 amide bonds. The molecule has 0 fully saturated rings. The summed E-state index contributed by atoms with van der Waals surface area (Å²) in [5, 5.41) is 7.35. The van der Waals surface area contributed by atoms with Crippen LogP contribution in [0.25, 0.3) is 5.69 Å². The number of rotatable bonds is 2. The van der Waals surface area contributed by atoms with Crippen LogP contribution in [0, 0.1) is 0 Å². The molecule has 0 spiro atoms. The zero-order valence-electron chi connectivity index (χ0n) is 16.6. The molecule has 1 aliphatic carbocycles. The molecule has 3 heterocycles. The Morgan fingerprint density at radius 1 is 1.06 bits per heavy atom. The summed E-state index contributed by atoms with van der Waals surface area (Å²) in [6.07, 6.45) is -2.04. The standard InChI is InChI=1S/C13H12F3N3.C5H5F3N4O/c14-13(15,16)12-7-10(5-6-17-12)19-8-9-3-1-2-4-11(9)18-19;1-12-3(2(9)13)10-4(11-12)5(6,7)8/h5-8H,1-4H2;1H3,(H2,9,13). The molecular weight excluding hydrogens is 444 g/mol. The zero-order valence-corrected chi connectivity index (χ0v) is 16.6. The molecule has 0 saturated carbocycles. The first-order chi connectivity index (χ1) is 14.9. The summed E-state index contributed by atoms with van der Waals surface area (Å²) in [6, 6.07) is 2.56. The van der Waals surface area contributed by atoms with Crippen molar-refractivity contribution in [1.29, 1.82) is 0 Å². The molecule has 0 atom stereocenters. The third-order valence-electron chi connectivity index (χ3n) is 4.52. The Labute approximate surface area is 177 Å². The van der Waals surface area contributed by atoms with Gasteiger partial charge in [0.25, 0.3) is 11.7 Å². The number of hydrogen-bond acceptors (Lipinski definition) is 5. The van der Waals surface area contributed by atoms with Crippen LogP contribution in [0.1, 0.15) is 46.2 Å². The van der Waals surface area contributed by atoms with Gasteiger partial charge in [0.2, 0.25) is 5.82 Å². The maximum atomic E-state index is 12.6. The molecule has 172 valence electrons. The van der Waals surface area contributed by atoms with E-state index in [2.05, 4.69) is 20.2 Å². The van der Waals surface area contributed by atoms with Crippen LogP contribution < -0.4 is 5.73 Å². The fourth-order valence-corrected chi connectivity index (χ4v) is 3.04. The third kappa shape index (κ3) is 5.23. The summed E-state index contributed by atoms with van der Waals surface area (Å²) >= 11 is 0. The van der Waals surface area contributed by atoms with Gasteiger partial charge in [0.05, 0.1) is 11.4 Å². The number of alkyl halides is 6. The summed E-state index contributed by atoms with van der Waals surface area (Å²) in [6.45, 7) is 0. The maximum absolute atomic E-state index is 12.6. The van der Waals surface area contributed by atoms with Crippen molar-refractivity contribution in [3.05, 3.63) is 53.1 Å². The van der Waals surface area contributed by atoms with E-state index in [1.807, 2.05) is 6.20 Å². The number of amides is 1. The molecule has 14 heteroatoms. The van der Waals surface area contributed by atoms with Gasteiger partial charge in [-0.1, -0.05) is 0 Å². The minimum atomic E-state index is -4.66. The smallest absolute Gasteiger partial charge is 0.363 e. The first-order valence-electron chi connectivity index (χ1n) is 9.25. The van der Waals surface area contributed by atoms with Crippen molar-refractivity contribution in [2.75, 3.05) is 0 Å². The molecule has 0 saturated heterocycles. The fraction of sp³-hybridized carbons (Fsp3) is 0.389. The third-order valence-corrected chi connectivity index (χ3v) is 4.52. The molecular formula is C18H17F6N7O. The number of pyridine rings is 1. The van der Waals surface area contributed by atoms with Gasteiger partial charge < -0.3 is 5.73 Å². The van der Waals surface area contributed by atoms with Gasteiger partial charge in [-0.05, 0) is 43.4 Å². The minimum Gasteiger partial charge on any atom is -0.363 e. The number of nitrogens with two attached hydrogens (primary N) is 1. The lowest BCUT2D eigenvalue weighted by Crippen LogP contribution is -2.17. The van der Waals surface area contributed by atoms with Crippen LogP contribution in [0.2, 0.25) is 0 Å². The predicted molar refractivity (Wildman–Crippen MR) is 97.5 cm³/mol. The van der Waals surface area contributed by atoms with Crippen LogP contribution in [-0.2, 0) is 32.2 Å². The van der Waals surface area contributed by atoms with Gasteiger partial charge in [-0.15, -0.1) is 5.10 Å². The normalized spacial score (nSPS) is 13.8. The van der Waals surface area contributed by atoms with E-state index in [9.17, 15) is 31.1 Å². The molecule has 0 aliphatic heterocycles. The molecule has 32 heavy (non-hydrogen) atoms. The molecule has 0 aromatic carbocycles. The second-order valence-corrected chi connectivity index (χ2v) is 6.89. The number of hydrogen-bond donors (Lipinski definition) is 1. The molecule has 3 aromatic rings. The average molecular weight is 461 g/mol. The molecule has 1 aliphatic rings. The second kappa shape index (κ2) is 8.59. The summed E-state index contributed by atoms with van der Waals surface area (Å²) in [4.78, 5) is 16.8. The highest BCUT2D eigenvalue weighted by Gasteiger charge is 2.37. The van der Waals surface area contributed by atoms with Gasteiger partial charge in [0.1, 0.15) is 5.69 Å². The molecule has 0 radical (unpaired) electrons. The largest absolute Gasteiger partial charge is 0.453 e. The van der Waals surface area contributed by atoms with Crippen molar-refractivity contribution >= 4 is 5.91 Å². The first kappa shape index (κ1) is 23.2. The van der Waals surface area contributed by atoms with Gasteiger partial charge >= 0.3 is 12.4 Å². The number of aromatic nitrogens is 6. The van der Waals surface area contributed by atoms with Crippen LogP contribution >= 0.6 is 0 Å². The van der Waals surface area contributed by atoms with E-state index in [1.165, 1.54) is 16.9 Å². The molecule has 0 bridgehead atoms. The molecule has 4 rings (SSSR count). The Morgan fingerprint density at radius 3 is 2.28 bits per heavy atom. The van der Waals surface area contributed by atoms with E-state index < -0.39 is 35.6 Å². The lowest BCUT2D eigenvalue weighted by molar-refractivity contribution is -0.145. The Kier molecular flexibility index (Phi) is 6.23. The predicted octanol–water partition coefficient (Wildman–Crippen LogP) is 3.10. The van der Waals surface area contributed by atoms with Gasteiger partial charge in [-0.3, -0.25) is 9.78 Å². The quantitative estimate of drug-likeness (QED) is 0.591. The van der Waals surface area contributed by atoms with Crippen LogP contribution in [-0.4, -0.2) is 35.4 Å². The van der Waals surface area contributed by atoms with E-state index in [-0.39, 0.29) is 0 Å². The van der Waals surface area contributed by atoms with Crippen LogP contribution in [0.5, 0.6) is 0 Å². The number of halogens is 6. The van der Waals surface area contributed by atoms with Gasteiger partial charge in [0, 0.05) is 19.4 Å². The summed E-state index contributed by atoms with van der Waals surface area (Å²) in [5.74, 6) is -2.94. The lowest BCUT2D eigenvalue weighted by Gasteiger charge is -2.07. The Balaban J connectivity index is 0.000000195. The van der Waals surface area contributed by atoms with Crippen molar-refractivity contribution in [2.45, 2.75) is 38.0 Å². The SMILES string of the molecule is Cn1nc(C(F)(F)F)nc1C(N)=O.FC(F)(F)c1cc(-n2cc3c(n2)CCCC3)ccn1. The summed E-state index contributed by atoms with van der Waals surface area (Å²) in [5.41, 5.74) is 6.38. The van der Waals surface area contributed by atoms with E-state index in [0.717, 1.165) is 50.1 Å². The van der Waals surface area contributed by atoms with Crippen molar-refractivity contribution < 1.29 is 31.1 Å². The van der Waals surface area contributed by atoms with E-state index >= 15 is 0 Å². The van der Waals surface area contributed by atoms with Crippen LogP contribution in [0.4, 0.5) is 26.3 Å². The second-order valence-electron chi connectivity index (χ2n) is 6.89. The van der Waals surface area contributed by atoms with Crippen molar-refractivity contribution in [2.24, 2.45) is 12.8 Å². The van der Waals surface area contributed by atoms with E-state index in [1.54, 1.807) is 0 Å². The fourth-order valence-electron chi connectivity index (χ4n) is 3.04. The van der Waals surface area contributed by atoms with E-state index in [4.69, 9.17) is 5.73 Å². The van der Waals surface area contributed by atoms with Crippen molar-refractivity contribution in [1.82, 2.24) is 29.5 Å². The lowest BCUT2D eigenvalue weighted by atomic mass is 9.99. The van der Waals surface area contributed by atoms with Gasteiger partial charge in [-0.25, -0.2) is 9.36 Å². The Morgan fingerprint density at radius 2 is 1.75 bits per heavy atom. The minimum absolute atomic E-state index is 0.400. The van der Waals surface area contributed by atoms with Crippen LogP contribution in [0.3, 0.4) is 0 Å². The number of primary amides is 1. The number of carbonyl (C=O) groups is 1. The van der Waals surface area contributed by atoms with Crippen molar-refractivity contribution in [3.8, 4) is 5.69 Å². The highest BCUT2D eigenvalue weighted by atomic mass is 19.4. The topological polar surface area (TPSA) is 105 Å². The van der Waals surface area contributed by atoms with Gasteiger partial charge in [-0.2, -0.15) is 36.4 Å². The highest BCUT2D eigenvalue weighted by Crippen LogP contribution is 2.29. The monoisotopic (exact) mass is 461 g/mol. The number of carbonyl (C=O) groups excluding carboxylic acids is 1. The number of nitrogens with zero attached hydrogens (tertiary/aromatic N) is 6. The maximum Gasteiger partial charge on any atom is 0.453 e. The van der Waals surface area contributed by atoms with Crippen molar-refractivity contribution in [3.63, 3.8) is 0 Å².